The van der Waals surface area contributed by atoms with Gasteiger partial charge < -0.3 is 45.1 Å². The number of unbranched alkanes of at least 4 members (excludes halogenated alkanes) is 35. The molecule has 0 aromatic heterocycles. The van der Waals surface area contributed by atoms with E-state index in [2.05, 4.69) is 62.5 Å². The maximum Gasteiger partial charge on any atom is 0.306 e. The minimum atomic E-state index is -1.61. The first-order valence-corrected chi connectivity index (χ1v) is 32.4. The lowest BCUT2D eigenvalue weighted by atomic mass is 9.99. The molecule has 11 nitrogen and oxygen atoms in total. The predicted molar refractivity (Wildman–Crippen MR) is 320 cm³/mol. The molecule has 450 valence electrons. The van der Waals surface area contributed by atoms with Gasteiger partial charge in [-0.25, -0.2) is 0 Å². The number of nitrogens with one attached hydrogen (secondary N) is 1. The van der Waals surface area contributed by atoms with Crippen molar-refractivity contribution in [2.75, 3.05) is 13.2 Å². The van der Waals surface area contributed by atoms with Gasteiger partial charge in [0, 0.05) is 6.42 Å². The Hall–Kier alpha value is -2.38. The molecule has 0 radical (unpaired) electrons. The van der Waals surface area contributed by atoms with E-state index < -0.39 is 67.4 Å². The number of aliphatic hydroxyl groups is 5. The lowest BCUT2D eigenvalue weighted by Gasteiger charge is -2.41. The summed E-state index contributed by atoms with van der Waals surface area (Å²) in [6.45, 7) is 5.77. The minimum Gasteiger partial charge on any atom is -0.454 e. The number of allylic oxidation sites excluding steroid dienone is 7. The van der Waals surface area contributed by atoms with Crippen molar-refractivity contribution in [1.29, 1.82) is 0 Å². The first kappa shape index (κ1) is 72.6. The minimum absolute atomic E-state index is 0.127. The third-order valence-electron chi connectivity index (χ3n) is 15.2. The number of hydrogen-bond donors (Lipinski definition) is 6. The molecular formula is C66H121NO10. The fourth-order valence-corrected chi connectivity index (χ4v) is 10.1. The third-order valence-corrected chi connectivity index (χ3v) is 15.2. The fourth-order valence-electron chi connectivity index (χ4n) is 10.1. The molecule has 11 heteroatoms. The topological polar surface area (TPSA) is 175 Å². The van der Waals surface area contributed by atoms with Crippen molar-refractivity contribution in [3.05, 3.63) is 48.6 Å². The van der Waals surface area contributed by atoms with Crippen LogP contribution in [0, 0.1) is 0 Å². The van der Waals surface area contributed by atoms with Crippen molar-refractivity contribution in [3.63, 3.8) is 0 Å². The van der Waals surface area contributed by atoms with E-state index in [1.165, 1.54) is 173 Å². The molecular weight excluding hydrogens is 967 g/mol. The highest BCUT2D eigenvalue weighted by Gasteiger charge is 2.47. The van der Waals surface area contributed by atoms with E-state index >= 15 is 0 Å². The van der Waals surface area contributed by atoms with Crippen molar-refractivity contribution >= 4 is 11.9 Å². The second-order valence-corrected chi connectivity index (χ2v) is 22.5. The van der Waals surface area contributed by atoms with Crippen LogP contribution in [0.25, 0.3) is 0 Å². The van der Waals surface area contributed by atoms with E-state index in [1.54, 1.807) is 6.08 Å². The molecule has 0 bridgehead atoms. The SMILES string of the molecule is CCCCC/C=C\C/C=C\C/C=C\CCCCCCCCCCCC(O)C(=O)NC(COC1OC(CO)C(O)C(O)C1OC(=O)CCCCCCCCCCCCCCCCC)C(O)/C=C/CCCCCCCCCCC. The standard InChI is InChI=1S/C66H121NO10/c1-4-7-10-13-16-19-22-24-26-27-28-29-30-31-32-34-35-38-41-44-47-50-53-59(70)65(74)67-57(58(69)52-49-46-43-40-37-21-18-15-12-9-6-3)56-75-66-64(63(73)62(72)60(55-68)76-66)77-61(71)54-51-48-45-42-39-36-33-25-23-20-17-14-11-8-5-2/h16,19,24,26,28-29,49,52,57-60,62-64,66,68-70,72-73H,4-15,17-18,20-23,25,27,30-48,50-51,53-56H2,1-3H3,(H,67,74)/b19-16-,26-24-,29-28-,52-49+. The van der Waals surface area contributed by atoms with E-state index in [4.69, 9.17) is 14.2 Å². The molecule has 1 aliphatic rings. The van der Waals surface area contributed by atoms with Gasteiger partial charge in [0.2, 0.25) is 5.91 Å². The molecule has 6 N–H and O–H groups in total. The smallest absolute Gasteiger partial charge is 0.306 e. The summed E-state index contributed by atoms with van der Waals surface area (Å²) in [4.78, 5) is 26.6. The average Bonchev–Trinajstić information content (AvgIpc) is 3.43. The van der Waals surface area contributed by atoms with Gasteiger partial charge in [-0.15, -0.1) is 0 Å². The number of carbonyl (C=O) groups excluding carboxylic acids is 2. The van der Waals surface area contributed by atoms with E-state index in [0.717, 1.165) is 77.0 Å². The maximum atomic E-state index is 13.4. The van der Waals surface area contributed by atoms with Crippen LogP contribution in [0.5, 0.6) is 0 Å². The molecule has 1 aliphatic heterocycles. The quantitative estimate of drug-likeness (QED) is 0.0195. The van der Waals surface area contributed by atoms with Gasteiger partial charge in [0.15, 0.2) is 12.4 Å². The van der Waals surface area contributed by atoms with Gasteiger partial charge in [0.05, 0.1) is 25.4 Å². The molecule has 8 atom stereocenters. The molecule has 0 spiro atoms. The Morgan fingerprint density at radius 1 is 0.506 bits per heavy atom. The summed E-state index contributed by atoms with van der Waals surface area (Å²) >= 11 is 0. The maximum absolute atomic E-state index is 13.4. The number of hydrogen-bond acceptors (Lipinski definition) is 10. The Labute approximate surface area is 472 Å². The highest BCUT2D eigenvalue weighted by Crippen LogP contribution is 2.26. The summed E-state index contributed by atoms with van der Waals surface area (Å²) in [6.07, 6.45) is 55.8. The zero-order valence-corrected chi connectivity index (χ0v) is 49.8. The number of carbonyl (C=O) groups is 2. The van der Waals surface area contributed by atoms with Crippen LogP contribution >= 0.6 is 0 Å². The van der Waals surface area contributed by atoms with Gasteiger partial charge in [-0.2, -0.15) is 0 Å². The largest absolute Gasteiger partial charge is 0.454 e. The molecule has 0 saturated carbocycles. The summed E-state index contributed by atoms with van der Waals surface area (Å²) in [5.74, 6) is -1.19. The zero-order chi connectivity index (χ0) is 56.1. The van der Waals surface area contributed by atoms with Crippen LogP contribution in [0.1, 0.15) is 297 Å². The summed E-state index contributed by atoms with van der Waals surface area (Å²) in [5, 5.41) is 57.0. The van der Waals surface area contributed by atoms with Crippen LogP contribution in [0.15, 0.2) is 48.6 Å². The molecule has 0 aromatic carbocycles. The second-order valence-electron chi connectivity index (χ2n) is 22.5. The van der Waals surface area contributed by atoms with Crippen LogP contribution < -0.4 is 5.32 Å². The third kappa shape index (κ3) is 42.2. The van der Waals surface area contributed by atoms with Crippen molar-refractivity contribution in [2.24, 2.45) is 0 Å². The molecule has 0 aliphatic carbocycles. The number of ether oxygens (including phenoxy) is 3. The molecule has 8 unspecified atom stereocenters. The van der Waals surface area contributed by atoms with Gasteiger partial charge in [-0.3, -0.25) is 9.59 Å². The van der Waals surface area contributed by atoms with Crippen molar-refractivity contribution in [3.8, 4) is 0 Å². The molecule has 1 saturated heterocycles. The number of aliphatic hydroxyl groups excluding tert-OH is 5. The van der Waals surface area contributed by atoms with E-state index in [-0.39, 0.29) is 19.4 Å². The number of esters is 1. The van der Waals surface area contributed by atoms with Crippen molar-refractivity contribution in [2.45, 2.75) is 346 Å². The van der Waals surface area contributed by atoms with Crippen molar-refractivity contribution < 1.29 is 49.3 Å². The highest BCUT2D eigenvalue weighted by molar-refractivity contribution is 5.80. The molecule has 1 amide bonds. The van der Waals surface area contributed by atoms with Gasteiger partial charge in [-0.05, 0) is 64.2 Å². The first-order chi connectivity index (χ1) is 37.7. The van der Waals surface area contributed by atoms with Crippen LogP contribution in [-0.4, -0.2) is 99.6 Å². The monoisotopic (exact) mass is 1090 g/mol. The van der Waals surface area contributed by atoms with Crippen molar-refractivity contribution in [1.82, 2.24) is 5.32 Å². The first-order valence-electron chi connectivity index (χ1n) is 32.4. The number of amides is 1. The normalized spacial score (nSPS) is 19.3. The lowest BCUT2D eigenvalue weighted by Crippen LogP contribution is -2.61. The molecule has 77 heavy (non-hydrogen) atoms. The van der Waals surface area contributed by atoms with Gasteiger partial charge in [-0.1, -0.05) is 275 Å². The molecule has 0 aromatic rings. The molecule has 1 fully saturated rings. The highest BCUT2D eigenvalue weighted by atomic mass is 16.7. The zero-order valence-electron chi connectivity index (χ0n) is 49.8. The lowest BCUT2D eigenvalue weighted by molar-refractivity contribution is -0.305. The Morgan fingerprint density at radius 3 is 1.36 bits per heavy atom. The van der Waals surface area contributed by atoms with E-state index in [9.17, 15) is 35.1 Å². The van der Waals surface area contributed by atoms with E-state index in [0.29, 0.717) is 12.8 Å². The Morgan fingerprint density at radius 2 is 0.896 bits per heavy atom. The Kier molecular flexibility index (Phi) is 51.1. The predicted octanol–water partition coefficient (Wildman–Crippen LogP) is 15.6. The average molecular weight is 1090 g/mol. The van der Waals surface area contributed by atoms with Crippen LogP contribution in [0.4, 0.5) is 0 Å². The van der Waals surface area contributed by atoms with Crippen LogP contribution in [-0.2, 0) is 23.8 Å². The summed E-state index contributed by atoms with van der Waals surface area (Å²) < 4.78 is 17.6. The van der Waals surface area contributed by atoms with Crippen LogP contribution in [0.3, 0.4) is 0 Å². The molecule has 1 rings (SSSR count). The number of rotatable bonds is 55. The summed E-state index contributed by atoms with van der Waals surface area (Å²) in [7, 11) is 0. The van der Waals surface area contributed by atoms with Gasteiger partial charge >= 0.3 is 5.97 Å². The Bertz CT molecular complexity index is 1440. The van der Waals surface area contributed by atoms with Crippen LogP contribution in [0.2, 0.25) is 0 Å². The van der Waals surface area contributed by atoms with Gasteiger partial charge in [0.25, 0.3) is 0 Å². The van der Waals surface area contributed by atoms with Gasteiger partial charge in [0.1, 0.15) is 24.4 Å². The fraction of sp³-hybridized carbons (Fsp3) is 0.848. The Balaban J connectivity index is 2.62. The second kappa shape index (κ2) is 54.2. The van der Waals surface area contributed by atoms with E-state index in [1.807, 2.05) is 6.08 Å². The summed E-state index contributed by atoms with van der Waals surface area (Å²) in [6, 6.07) is -1.02. The summed E-state index contributed by atoms with van der Waals surface area (Å²) in [5.41, 5.74) is 0. The molecule has 1 heterocycles.